The van der Waals surface area contributed by atoms with E-state index >= 15 is 0 Å². The minimum atomic E-state index is -0.625. The van der Waals surface area contributed by atoms with Gasteiger partial charge >= 0.3 is 11.8 Å². The summed E-state index contributed by atoms with van der Waals surface area (Å²) in [7, 11) is 1.60. The van der Waals surface area contributed by atoms with E-state index in [1.807, 2.05) is 18.2 Å². The number of carbonyl (C=O) groups is 2. The van der Waals surface area contributed by atoms with Gasteiger partial charge in [-0.1, -0.05) is 30.3 Å². The van der Waals surface area contributed by atoms with E-state index in [1.165, 1.54) is 5.56 Å². The van der Waals surface area contributed by atoms with Crippen LogP contribution in [0.25, 0.3) is 0 Å². The fraction of sp³-hybridized carbons (Fsp3) is 0.391. The zero-order chi connectivity index (χ0) is 21.2. The Morgan fingerprint density at radius 3 is 2.30 bits per heavy atom. The highest BCUT2D eigenvalue weighted by molar-refractivity contribution is 6.35. The lowest BCUT2D eigenvalue weighted by molar-refractivity contribution is -0.139. The second-order valence-corrected chi connectivity index (χ2v) is 7.29. The van der Waals surface area contributed by atoms with Gasteiger partial charge in [0.15, 0.2) is 0 Å². The molecule has 1 heterocycles. The highest BCUT2D eigenvalue weighted by atomic mass is 16.5. The first-order chi connectivity index (χ1) is 14.6. The van der Waals surface area contributed by atoms with Crippen molar-refractivity contribution in [1.82, 2.24) is 15.5 Å². The molecule has 2 amide bonds. The summed E-state index contributed by atoms with van der Waals surface area (Å²) in [4.78, 5) is 26.5. The molecule has 2 aromatic carbocycles. The van der Waals surface area contributed by atoms with Gasteiger partial charge in [-0.05, 0) is 42.7 Å². The van der Waals surface area contributed by atoms with Crippen LogP contribution in [0.4, 0.5) is 0 Å². The van der Waals surface area contributed by atoms with Crippen LogP contribution in [0.1, 0.15) is 18.4 Å². The minimum Gasteiger partial charge on any atom is -0.497 e. The van der Waals surface area contributed by atoms with Crippen molar-refractivity contribution >= 4 is 11.8 Å². The lowest BCUT2D eigenvalue weighted by atomic mass is 10.0. The van der Waals surface area contributed by atoms with Gasteiger partial charge in [-0.25, -0.2) is 0 Å². The van der Waals surface area contributed by atoms with Crippen LogP contribution >= 0.6 is 0 Å². The number of ether oxygens (including phenoxy) is 2. The summed E-state index contributed by atoms with van der Waals surface area (Å²) >= 11 is 0. The molecule has 0 aliphatic carbocycles. The van der Waals surface area contributed by atoms with E-state index in [4.69, 9.17) is 9.47 Å². The maximum absolute atomic E-state index is 12.1. The van der Waals surface area contributed by atoms with Crippen LogP contribution in [0.2, 0.25) is 0 Å². The Balaban J connectivity index is 1.30. The Morgan fingerprint density at radius 1 is 0.967 bits per heavy atom. The van der Waals surface area contributed by atoms with Crippen LogP contribution in [-0.2, 0) is 16.1 Å². The average molecular weight is 412 g/mol. The Labute approximate surface area is 177 Å². The van der Waals surface area contributed by atoms with Gasteiger partial charge in [0, 0.05) is 25.7 Å². The predicted molar refractivity (Wildman–Crippen MR) is 114 cm³/mol. The fourth-order valence-electron chi connectivity index (χ4n) is 3.41. The van der Waals surface area contributed by atoms with Crippen LogP contribution in [0.3, 0.4) is 0 Å². The van der Waals surface area contributed by atoms with Crippen molar-refractivity contribution in [1.29, 1.82) is 0 Å². The number of benzene rings is 2. The van der Waals surface area contributed by atoms with Crippen LogP contribution < -0.4 is 20.1 Å². The molecule has 0 atom stereocenters. The Hall–Kier alpha value is -3.06. The van der Waals surface area contributed by atoms with E-state index in [9.17, 15) is 9.59 Å². The van der Waals surface area contributed by atoms with E-state index in [2.05, 4.69) is 27.7 Å². The molecule has 0 radical (unpaired) electrons. The molecular weight excluding hydrogens is 382 g/mol. The van der Waals surface area contributed by atoms with Crippen molar-refractivity contribution in [2.75, 3.05) is 33.4 Å². The molecule has 160 valence electrons. The van der Waals surface area contributed by atoms with Gasteiger partial charge < -0.3 is 20.1 Å². The predicted octanol–water partition coefficient (Wildman–Crippen LogP) is 1.97. The number of nitrogens with zero attached hydrogens (tertiary/aromatic N) is 1. The molecule has 1 aliphatic heterocycles. The number of hydrogen-bond acceptors (Lipinski definition) is 5. The molecule has 1 fully saturated rings. The number of piperidine rings is 1. The zero-order valence-corrected chi connectivity index (χ0v) is 17.3. The van der Waals surface area contributed by atoms with Gasteiger partial charge in [0.25, 0.3) is 0 Å². The summed E-state index contributed by atoms with van der Waals surface area (Å²) in [5.74, 6) is 0.219. The summed E-state index contributed by atoms with van der Waals surface area (Å²) in [6.07, 6.45) is 1.68. The van der Waals surface area contributed by atoms with Crippen LogP contribution in [-0.4, -0.2) is 56.1 Å². The first kappa shape index (κ1) is 21.6. The van der Waals surface area contributed by atoms with Crippen LogP contribution in [0.15, 0.2) is 54.6 Å². The molecular formula is C23H29N3O4. The SMILES string of the molecule is COc1ccc(OCCNC(=O)C(=O)NC2CCN(Cc3ccccc3)CC2)cc1. The summed E-state index contributed by atoms with van der Waals surface area (Å²) in [5.41, 5.74) is 1.29. The molecule has 7 heteroatoms. The maximum atomic E-state index is 12.1. The first-order valence-electron chi connectivity index (χ1n) is 10.3. The third kappa shape index (κ3) is 6.77. The van der Waals surface area contributed by atoms with E-state index in [1.54, 1.807) is 31.4 Å². The van der Waals surface area contributed by atoms with E-state index < -0.39 is 11.8 Å². The van der Waals surface area contributed by atoms with Gasteiger partial charge in [0.05, 0.1) is 13.7 Å². The molecule has 0 unspecified atom stereocenters. The standard InChI is InChI=1S/C23H29N3O4/c1-29-20-7-9-21(10-8-20)30-16-13-24-22(27)23(28)25-19-11-14-26(15-12-19)17-18-5-3-2-4-6-18/h2-10,19H,11-17H2,1H3,(H,24,27)(H,25,28). The third-order valence-electron chi connectivity index (χ3n) is 5.09. The second-order valence-electron chi connectivity index (χ2n) is 7.29. The lowest BCUT2D eigenvalue weighted by Crippen LogP contribution is -2.49. The van der Waals surface area contributed by atoms with Gasteiger partial charge in [-0.15, -0.1) is 0 Å². The Kier molecular flexibility index (Phi) is 8.09. The highest BCUT2D eigenvalue weighted by Gasteiger charge is 2.23. The van der Waals surface area contributed by atoms with Gasteiger partial charge in [0.1, 0.15) is 18.1 Å². The molecule has 3 rings (SSSR count). The van der Waals surface area contributed by atoms with Crippen LogP contribution in [0, 0.1) is 0 Å². The smallest absolute Gasteiger partial charge is 0.309 e. The second kappa shape index (κ2) is 11.2. The molecule has 0 spiro atoms. The Bertz CT molecular complexity index is 803. The van der Waals surface area contributed by atoms with Gasteiger partial charge in [0.2, 0.25) is 0 Å². The molecule has 2 N–H and O–H groups in total. The van der Waals surface area contributed by atoms with E-state index in [0.29, 0.717) is 5.75 Å². The lowest BCUT2D eigenvalue weighted by Gasteiger charge is -2.32. The summed E-state index contributed by atoms with van der Waals surface area (Å²) in [5, 5.41) is 5.44. The van der Waals surface area contributed by atoms with Crippen molar-refractivity contribution in [3.8, 4) is 11.5 Å². The quantitative estimate of drug-likeness (QED) is 0.513. The number of nitrogens with one attached hydrogen (secondary N) is 2. The van der Waals surface area contributed by atoms with E-state index in [0.717, 1.165) is 38.2 Å². The third-order valence-corrected chi connectivity index (χ3v) is 5.09. The summed E-state index contributed by atoms with van der Waals surface area (Å²) < 4.78 is 10.6. The number of amides is 2. The first-order valence-corrected chi connectivity index (χ1v) is 10.3. The topological polar surface area (TPSA) is 79.9 Å². The summed E-state index contributed by atoms with van der Waals surface area (Å²) in [6, 6.07) is 17.6. The van der Waals surface area contributed by atoms with E-state index in [-0.39, 0.29) is 19.2 Å². The molecule has 0 saturated carbocycles. The number of likely N-dealkylation sites (tertiary alicyclic amines) is 1. The maximum Gasteiger partial charge on any atom is 0.309 e. The number of rotatable bonds is 8. The van der Waals surface area contributed by atoms with Gasteiger partial charge in [-0.2, -0.15) is 0 Å². The summed E-state index contributed by atoms with van der Waals surface area (Å²) in [6.45, 7) is 3.25. The Morgan fingerprint density at radius 2 is 1.63 bits per heavy atom. The number of hydrogen-bond donors (Lipinski definition) is 2. The van der Waals surface area contributed by atoms with Crippen molar-refractivity contribution < 1.29 is 19.1 Å². The zero-order valence-electron chi connectivity index (χ0n) is 17.3. The molecule has 7 nitrogen and oxygen atoms in total. The van der Waals surface area contributed by atoms with Crippen molar-refractivity contribution in [2.24, 2.45) is 0 Å². The largest absolute Gasteiger partial charge is 0.497 e. The normalized spacial score (nSPS) is 14.7. The molecule has 1 saturated heterocycles. The molecule has 2 aromatic rings. The fourth-order valence-corrected chi connectivity index (χ4v) is 3.41. The van der Waals surface area contributed by atoms with Gasteiger partial charge in [-0.3, -0.25) is 14.5 Å². The average Bonchev–Trinajstić information content (AvgIpc) is 2.79. The molecule has 0 aromatic heterocycles. The molecule has 1 aliphatic rings. The molecule has 30 heavy (non-hydrogen) atoms. The monoisotopic (exact) mass is 411 g/mol. The van der Waals surface area contributed by atoms with Crippen LogP contribution in [0.5, 0.6) is 11.5 Å². The number of carbonyl (C=O) groups excluding carboxylic acids is 2. The number of methoxy groups -OCH3 is 1. The van der Waals surface area contributed by atoms with Crippen molar-refractivity contribution in [3.63, 3.8) is 0 Å². The van der Waals surface area contributed by atoms with Crippen molar-refractivity contribution in [2.45, 2.75) is 25.4 Å². The minimum absolute atomic E-state index is 0.0332. The highest BCUT2D eigenvalue weighted by Crippen LogP contribution is 2.16. The van der Waals surface area contributed by atoms with Crippen molar-refractivity contribution in [3.05, 3.63) is 60.2 Å². The molecule has 0 bridgehead atoms.